The Morgan fingerprint density at radius 3 is 2.74 bits per heavy atom. The van der Waals surface area contributed by atoms with Crippen molar-refractivity contribution >= 4 is 46.7 Å². The third-order valence-electron chi connectivity index (χ3n) is 6.02. The van der Waals surface area contributed by atoms with Gasteiger partial charge in [0.1, 0.15) is 6.33 Å². The molecule has 13 nitrogen and oxygen atoms in total. The summed E-state index contributed by atoms with van der Waals surface area (Å²) in [6.45, 7) is 0. The lowest BCUT2D eigenvalue weighted by atomic mass is 10.0. The highest BCUT2D eigenvalue weighted by Gasteiger charge is 2.19. The second-order valence-corrected chi connectivity index (χ2v) is 9.92. The zero-order valence-electron chi connectivity index (χ0n) is 21.9. The van der Waals surface area contributed by atoms with E-state index in [1.165, 1.54) is 35.5 Å². The zero-order valence-corrected chi connectivity index (χ0v) is 23.5. The van der Waals surface area contributed by atoms with Gasteiger partial charge in [0.2, 0.25) is 5.91 Å². The van der Waals surface area contributed by atoms with E-state index in [1.54, 1.807) is 60.1 Å². The van der Waals surface area contributed by atoms with Crippen LogP contribution in [0, 0.1) is 0 Å². The van der Waals surface area contributed by atoms with E-state index in [0.29, 0.717) is 45.2 Å². The predicted molar refractivity (Wildman–Crippen MR) is 156 cm³/mol. The van der Waals surface area contributed by atoms with Gasteiger partial charge < -0.3 is 10.1 Å². The first-order valence-corrected chi connectivity index (χ1v) is 13.7. The number of tetrazole rings is 1. The van der Waals surface area contributed by atoms with Crippen molar-refractivity contribution in [2.24, 2.45) is 0 Å². The first-order chi connectivity index (χ1) is 20.4. The molecule has 2 aromatic carbocycles. The molecule has 0 bridgehead atoms. The van der Waals surface area contributed by atoms with Crippen molar-refractivity contribution in [1.82, 2.24) is 40.7 Å². The van der Waals surface area contributed by atoms with Gasteiger partial charge in [0.25, 0.3) is 5.56 Å². The lowest BCUT2D eigenvalue weighted by molar-refractivity contribution is -0.117. The topological polar surface area (TPSA) is 170 Å². The summed E-state index contributed by atoms with van der Waals surface area (Å²) < 4.78 is 6.06. The van der Waals surface area contributed by atoms with E-state index in [1.807, 2.05) is 5.38 Å². The Labute approximate surface area is 247 Å². The molecule has 15 heteroatoms. The van der Waals surface area contributed by atoms with Crippen LogP contribution in [0.3, 0.4) is 0 Å². The van der Waals surface area contributed by atoms with Gasteiger partial charge in [0.15, 0.2) is 0 Å². The predicted octanol–water partition coefficient (Wildman–Crippen LogP) is 3.81. The first-order valence-electron chi connectivity index (χ1n) is 12.3. The largest absolute Gasteiger partial charge is 0.453 e. The maximum Gasteiger partial charge on any atom is 0.411 e. The molecule has 0 aliphatic carbocycles. The molecule has 3 N–H and O–H groups in total. The van der Waals surface area contributed by atoms with E-state index in [-0.39, 0.29) is 0 Å². The molecule has 5 aromatic rings. The number of nitrogens with zero attached hydrogens (tertiary/aromatic N) is 6. The number of methoxy groups -OCH3 is 1. The van der Waals surface area contributed by atoms with Crippen LogP contribution in [0.4, 0.5) is 10.5 Å². The highest BCUT2D eigenvalue weighted by Crippen LogP contribution is 2.24. The van der Waals surface area contributed by atoms with Crippen molar-refractivity contribution in [2.75, 3.05) is 12.4 Å². The van der Waals surface area contributed by atoms with Gasteiger partial charge in [0.05, 0.1) is 41.3 Å². The van der Waals surface area contributed by atoms with E-state index in [0.717, 1.165) is 5.69 Å². The lowest BCUT2D eigenvalue weighted by Crippen LogP contribution is -2.30. The Kier molecular flexibility index (Phi) is 8.75. The minimum atomic E-state index is -0.626. The number of benzene rings is 2. The quantitative estimate of drug-likeness (QED) is 0.212. The van der Waals surface area contributed by atoms with Crippen molar-refractivity contribution in [1.29, 1.82) is 0 Å². The van der Waals surface area contributed by atoms with Crippen LogP contribution >= 0.6 is 22.9 Å². The van der Waals surface area contributed by atoms with Gasteiger partial charge in [0, 0.05) is 34.2 Å². The van der Waals surface area contributed by atoms with Crippen LogP contribution < -0.4 is 16.2 Å². The summed E-state index contributed by atoms with van der Waals surface area (Å²) >= 11 is 7.62. The molecule has 0 saturated heterocycles. The molecule has 0 saturated carbocycles. The number of amides is 2. The number of rotatable bonds is 9. The maximum absolute atomic E-state index is 13.1. The van der Waals surface area contributed by atoms with Gasteiger partial charge in [-0.1, -0.05) is 23.7 Å². The van der Waals surface area contributed by atoms with Crippen LogP contribution in [0.25, 0.3) is 22.9 Å². The smallest absolute Gasteiger partial charge is 0.411 e. The number of ether oxygens (including phenoxy) is 1. The number of aromatic amines is 1. The fourth-order valence-electron chi connectivity index (χ4n) is 4.02. The normalized spacial score (nSPS) is 11.8. The molecule has 3 aromatic heterocycles. The molecular weight excluding hydrogens is 582 g/mol. The number of hydrogen-bond donors (Lipinski definition) is 3. The van der Waals surface area contributed by atoms with Crippen molar-refractivity contribution in [3.63, 3.8) is 0 Å². The minimum absolute atomic E-state index is 0.330. The summed E-state index contributed by atoms with van der Waals surface area (Å²) in [5, 5.41) is 25.8. The van der Waals surface area contributed by atoms with Crippen molar-refractivity contribution in [3.8, 4) is 16.8 Å². The van der Waals surface area contributed by atoms with Gasteiger partial charge >= 0.3 is 6.09 Å². The van der Waals surface area contributed by atoms with Crippen LogP contribution in [-0.2, 0) is 16.0 Å². The van der Waals surface area contributed by atoms with Crippen molar-refractivity contribution < 1.29 is 14.3 Å². The van der Waals surface area contributed by atoms with E-state index in [4.69, 9.17) is 11.6 Å². The molecule has 0 spiro atoms. The number of anilines is 1. The third-order valence-corrected chi connectivity index (χ3v) is 6.89. The molecule has 0 radical (unpaired) electrons. The second kappa shape index (κ2) is 13.0. The van der Waals surface area contributed by atoms with E-state index in [2.05, 4.69) is 46.1 Å². The molecule has 2 amide bonds. The fourth-order valence-corrected chi connectivity index (χ4v) is 4.77. The van der Waals surface area contributed by atoms with Gasteiger partial charge in [-0.2, -0.15) is 9.78 Å². The molecule has 3 heterocycles. The molecule has 42 heavy (non-hydrogen) atoms. The summed E-state index contributed by atoms with van der Waals surface area (Å²) in [5.74, 6) is -0.411. The monoisotopic (exact) mass is 603 g/mol. The van der Waals surface area contributed by atoms with Gasteiger partial charge in [-0.25, -0.2) is 14.9 Å². The van der Waals surface area contributed by atoms with Crippen LogP contribution in [0.15, 0.2) is 76.6 Å². The molecule has 1 atom stereocenters. The molecule has 5 rings (SSSR count). The Balaban J connectivity index is 1.41. The Hall–Kier alpha value is -5.21. The SMILES string of the molecule is COC(=O)Nc1ccc(-c2cc([C@H](Cc3cscn3)NC(=O)/C=C/c3cc(Cl)ccc3-n3cnnn3)n[nH]c2=O)cc1. The molecule has 0 aliphatic rings. The zero-order chi connectivity index (χ0) is 29.5. The Morgan fingerprint density at radius 2 is 2.02 bits per heavy atom. The number of H-pyrrole nitrogens is 1. The number of halogens is 1. The first kappa shape index (κ1) is 28.3. The van der Waals surface area contributed by atoms with Crippen LogP contribution in [-0.4, -0.2) is 54.5 Å². The molecule has 212 valence electrons. The van der Waals surface area contributed by atoms with E-state index < -0.39 is 23.6 Å². The number of carbonyl (C=O) groups is 2. The number of thiazole rings is 1. The van der Waals surface area contributed by atoms with Crippen LogP contribution in [0.1, 0.15) is 23.0 Å². The molecule has 0 fully saturated rings. The standard InChI is InChI=1S/C27H22ClN9O4S/c1-41-27(40)31-19-6-2-16(3-7-19)21-12-23(33-34-26(21)39)22(11-20-13-42-15-29-20)32-25(38)9-4-17-10-18(28)5-8-24(17)37-14-30-35-36-37/h2-10,12-15,22H,11H2,1H3,(H,31,40)(H,32,38)(H,34,39)/b9-4+/t22-/m0/s1. The minimum Gasteiger partial charge on any atom is -0.453 e. The number of nitrogens with one attached hydrogen (secondary N) is 3. The molecular formula is C27H22ClN9O4S. The third kappa shape index (κ3) is 6.92. The summed E-state index contributed by atoms with van der Waals surface area (Å²) in [4.78, 5) is 41.7. The number of hydrogen-bond acceptors (Lipinski definition) is 10. The average Bonchev–Trinajstić information content (AvgIpc) is 3.72. The van der Waals surface area contributed by atoms with E-state index >= 15 is 0 Å². The van der Waals surface area contributed by atoms with Gasteiger partial charge in [-0.15, -0.1) is 16.4 Å². The Morgan fingerprint density at radius 1 is 1.19 bits per heavy atom. The number of carbonyl (C=O) groups excluding carboxylic acids is 2. The highest BCUT2D eigenvalue weighted by atomic mass is 35.5. The summed E-state index contributed by atoms with van der Waals surface area (Å²) in [5.41, 5.74) is 5.13. The van der Waals surface area contributed by atoms with E-state index in [9.17, 15) is 14.4 Å². The summed E-state index contributed by atoms with van der Waals surface area (Å²) in [7, 11) is 1.27. The lowest BCUT2D eigenvalue weighted by Gasteiger charge is -2.17. The number of aromatic nitrogens is 7. The highest BCUT2D eigenvalue weighted by molar-refractivity contribution is 7.07. The average molecular weight is 604 g/mol. The van der Waals surface area contributed by atoms with Crippen molar-refractivity contribution in [3.05, 3.63) is 104 Å². The Bertz CT molecular complexity index is 1770. The van der Waals surface area contributed by atoms with Gasteiger partial charge in [-0.05, 0) is 58.5 Å². The van der Waals surface area contributed by atoms with Crippen LogP contribution in [0.5, 0.6) is 0 Å². The molecule has 0 unspecified atom stereocenters. The maximum atomic E-state index is 13.1. The summed E-state index contributed by atoms with van der Waals surface area (Å²) in [6.07, 6.45) is 4.13. The molecule has 0 aliphatic heterocycles. The van der Waals surface area contributed by atoms with Gasteiger partial charge in [-0.3, -0.25) is 14.9 Å². The van der Waals surface area contributed by atoms with Crippen LogP contribution in [0.2, 0.25) is 5.02 Å². The fraction of sp³-hybridized carbons (Fsp3) is 0.111. The second-order valence-electron chi connectivity index (χ2n) is 8.77. The summed E-state index contributed by atoms with van der Waals surface area (Å²) in [6, 6.07) is 12.8. The van der Waals surface area contributed by atoms with Crippen molar-refractivity contribution in [2.45, 2.75) is 12.5 Å².